The highest BCUT2D eigenvalue weighted by atomic mass is 32.1. The Kier molecular flexibility index (Phi) is 4.78. The van der Waals surface area contributed by atoms with Gasteiger partial charge in [0.1, 0.15) is 0 Å². The maximum Gasteiger partial charge on any atom is 0.223 e. The number of amides is 1. The summed E-state index contributed by atoms with van der Waals surface area (Å²) in [7, 11) is 0. The Balaban J connectivity index is 1.77. The van der Waals surface area contributed by atoms with Crippen molar-refractivity contribution in [3.05, 3.63) is 21.9 Å². The number of aliphatic hydroxyl groups is 1. The van der Waals surface area contributed by atoms with Crippen LogP contribution in [0.4, 0.5) is 0 Å². The molecule has 1 aliphatic rings. The van der Waals surface area contributed by atoms with E-state index in [2.05, 4.69) is 23.7 Å². The van der Waals surface area contributed by atoms with Crippen LogP contribution in [0.3, 0.4) is 0 Å². The van der Waals surface area contributed by atoms with Gasteiger partial charge in [-0.1, -0.05) is 0 Å². The van der Waals surface area contributed by atoms with Crippen molar-refractivity contribution >= 4 is 17.2 Å². The first-order valence-corrected chi connectivity index (χ1v) is 7.50. The van der Waals surface area contributed by atoms with Crippen LogP contribution in [-0.2, 0) is 11.3 Å². The van der Waals surface area contributed by atoms with E-state index >= 15 is 0 Å². The highest BCUT2D eigenvalue weighted by Gasteiger charge is 2.25. The fourth-order valence-corrected chi connectivity index (χ4v) is 3.35. The van der Waals surface area contributed by atoms with Gasteiger partial charge in [-0.05, 0) is 55.5 Å². The van der Waals surface area contributed by atoms with E-state index in [-0.39, 0.29) is 18.4 Å². The van der Waals surface area contributed by atoms with Crippen molar-refractivity contribution in [2.75, 3.05) is 6.61 Å². The number of rotatable bonds is 4. The number of hydrogen-bond donors (Lipinski definition) is 2. The van der Waals surface area contributed by atoms with Gasteiger partial charge in [-0.15, -0.1) is 11.3 Å². The molecule has 1 aliphatic carbocycles. The van der Waals surface area contributed by atoms with Gasteiger partial charge >= 0.3 is 0 Å². The Morgan fingerprint density at radius 2 is 2.17 bits per heavy atom. The highest BCUT2D eigenvalue weighted by Crippen LogP contribution is 2.28. The topological polar surface area (TPSA) is 49.3 Å². The Bertz CT molecular complexity index is 394. The van der Waals surface area contributed by atoms with Crippen molar-refractivity contribution in [1.82, 2.24) is 5.32 Å². The van der Waals surface area contributed by atoms with Crippen LogP contribution in [0.15, 0.2) is 11.4 Å². The molecule has 3 nitrogen and oxygen atoms in total. The normalized spacial score (nSPS) is 23.9. The molecule has 0 unspecified atom stereocenters. The number of thiophene rings is 1. The van der Waals surface area contributed by atoms with Gasteiger partial charge in [0.05, 0.1) is 6.54 Å². The van der Waals surface area contributed by atoms with E-state index in [4.69, 9.17) is 5.11 Å². The molecule has 1 heterocycles. The number of aliphatic hydroxyl groups excluding tert-OH is 1. The van der Waals surface area contributed by atoms with Gasteiger partial charge in [0, 0.05) is 17.4 Å². The fraction of sp³-hybridized carbons (Fsp3) is 0.643. The average Bonchev–Trinajstić information content (AvgIpc) is 2.81. The summed E-state index contributed by atoms with van der Waals surface area (Å²) in [5.74, 6) is 0.737. The van der Waals surface area contributed by atoms with Crippen LogP contribution in [0.25, 0.3) is 0 Å². The van der Waals surface area contributed by atoms with Crippen molar-refractivity contribution in [3.8, 4) is 0 Å². The molecule has 0 aromatic carbocycles. The third kappa shape index (κ3) is 3.33. The molecule has 2 N–H and O–H groups in total. The summed E-state index contributed by atoms with van der Waals surface area (Å²) in [6.07, 6.45) is 3.79. The van der Waals surface area contributed by atoms with E-state index in [0.717, 1.165) is 25.7 Å². The van der Waals surface area contributed by atoms with Crippen LogP contribution in [0.2, 0.25) is 0 Å². The molecule has 1 aromatic rings. The van der Waals surface area contributed by atoms with Gasteiger partial charge in [-0.2, -0.15) is 0 Å². The molecule has 2 rings (SSSR count). The zero-order valence-electron chi connectivity index (χ0n) is 10.8. The van der Waals surface area contributed by atoms with Gasteiger partial charge in [0.25, 0.3) is 0 Å². The third-order valence-corrected chi connectivity index (χ3v) is 4.89. The number of nitrogens with one attached hydrogen (secondary N) is 1. The minimum Gasteiger partial charge on any atom is -0.396 e. The second-order valence-electron chi connectivity index (χ2n) is 5.14. The predicted molar refractivity (Wildman–Crippen MR) is 73.4 cm³/mol. The van der Waals surface area contributed by atoms with Crippen molar-refractivity contribution < 1.29 is 9.90 Å². The summed E-state index contributed by atoms with van der Waals surface area (Å²) in [5, 5.41) is 14.2. The summed E-state index contributed by atoms with van der Waals surface area (Å²) in [6, 6.07) is 2.08. The maximum atomic E-state index is 12.0. The molecule has 4 heteroatoms. The molecule has 0 spiro atoms. The Hall–Kier alpha value is -0.870. The Morgan fingerprint density at radius 3 is 2.72 bits per heavy atom. The van der Waals surface area contributed by atoms with E-state index in [9.17, 15) is 4.79 Å². The lowest BCUT2D eigenvalue weighted by molar-refractivity contribution is -0.126. The molecule has 1 amide bonds. The van der Waals surface area contributed by atoms with Gasteiger partial charge in [-0.25, -0.2) is 0 Å². The van der Waals surface area contributed by atoms with Gasteiger partial charge in [0.2, 0.25) is 5.91 Å². The molecule has 0 saturated heterocycles. The zero-order chi connectivity index (χ0) is 13.0. The average molecular weight is 267 g/mol. The smallest absolute Gasteiger partial charge is 0.223 e. The summed E-state index contributed by atoms with van der Waals surface area (Å²) in [6.45, 7) is 3.00. The van der Waals surface area contributed by atoms with Crippen molar-refractivity contribution in [2.24, 2.45) is 11.8 Å². The molecule has 100 valence electrons. The number of aryl methyl sites for hydroxylation is 1. The monoisotopic (exact) mass is 267 g/mol. The molecule has 1 fully saturated rings. The number of carbonyl (C=O) groups is 1. The lowest BCUT2D eigenvalue weighted by Crippen LogP contribution is -2.33. The van der Waals surface area contributed by atoms with Crippen LogP contribution in [0.1, 0.15) is 36.1 Å². The first-order valence-electron chi connectivity index (χ1n) is 6.62. The predicted octanol–water partition coefficient (Wildman–Crippen LogP) is 2.47. The van der Waals surface area contributed by atoms with Crippen LogP contribution in [-0.4, -0.2) is 17.6 Å². The maximum absolute atomic E-state index is 12.0. The van der Waals surface area contributed by atoms with E-state index in [1.807, 2.05) is 0 Å². The third-order valence-electron chi connectivity index (χ3n) is 3.87. The van der Waals surface area contributed by atoms with Crippen LogP contribution in [0.5, 0.6) is 0 Å². The second-order valence-corrected chi connectivity index (χ2v) is 6.15. The molecule has 0 radical (unpaired) electrons. The summed E-state index contributed by atoms with van der Waals surface area (Å²) in [4.78, 5) is 13.3. The molecule has 18 heavy (non-hydrogen) atoms. The van der Waals surface area contributed by atoms with E-state index < -0.39 is 0 Å². The highest BCUT2D eigenvalue weighted by molar-refractivity contribution is 7.10. The van der Waals surface area contributed by atoms with Crippen LogP contribution in [0, 0.1) is 18.8 Å². The summed E-state index contributed by atoms with van der Waals surface area (Å²) < 4.78 is 0. The van der Waals surface area contributed by atoms with Gasteiger partial charge < -0.3 is 10.4 Å². The van der Waals surface area contributed by atoms with Crippen molar-refractivity contribution in [2.45, 2.75) is 39.2 Å². The molecule has 0 atom stereocenters. The SMILES string of the molecule is Cc1ccsc1CNC(=O)C1CCC(CO)CC1. The molecule has 1 aromatic heterocycles. The standard InChI is InChI=1S/C14H21NO2S/c1-10-6-7-18-13(10)8-15-14(17)12-4-2-11(9-16)3-5-12/h6-7,11-12,16H,2-5,8-9H2,1H3,(H,15,17). The lowest BCUT2D eigenvalue weighted by atomic mass is 9.82. The van der Waals surface area contributed by atoms with Crippen molar-refractivity contribution in [1.29, 1.82) is 0 Å². The second kappa shape index (κ2) is 6.34. The van der Waals surface area contributed by atoms with E-state index in [0.29, 0.717) is 12.5 Å². The fourth-order valence-electron chi connectivity index (χ4n) is 2.50. The zero-order valence-corrected chi connectivity index (χ0v) is 11.6. The van der Waals surface area contributed by atoms with Gasteiger partial charge in [-0.3, -0.25) is 4.79 Å². The molecule has 1 saturated carbocycles. The van der Waals surface area contributed by atoms with E-state index in [1.165, 1.54) is 10.4 Å². The lowest BCUT2D eigenvalue weighted by Gasteiger charge is -2.26. The Morgan fingerprint density at radius 1 is 1.44 bits per heavy atom. The number of carbonyl (C=O) groups excluding carboxylic acids is 1. The molecule has 0 aliphatic heterocycles. The first-order chi connectivity index (χ1) is 8.70. The first kappa shape index (κ1) is 13.6. The molecular formula is C14H21NO2S. The van der Waals surface area contributed by atoms with E-state index in [1.54, 1.807) is 11.3 Å². The quantitative estimate of drug-likeness (QED) is 0.880. The minimum absolute atomic E-state index is 0.146. The number of hydrogen-bond acceptors (Lipinski definition) is 3. The van der Waals surface area contributed by atoms with Crippen LogP contribution < -0.4 is 5.32 Å². The largest absolute Gasteiger partial charge is 0.396 e. The molecular weight excluding hydrogens is 246 g/mol. The molecule has 0 bridgehead atoms. The minimum atomic E-state index is 0.146. The Labute approximate surface area is 112 Å². The van der Waals surface area contributed by atoms with Crippen molar-refractivity contribution in [3.63, 3.8) is 0 Å². The summed E-state index contributed by atoms with van der Waals surface area (Å²) >= 11 is 1.69. The summed E-state index contributed by atoms with van der Waals surface area (Å²) in [5.41, 5.74) is 1.25. The van der Waals surface area contributed by atoms with Gasteiger partial charge in [0.15, 0.2) is 0 Å². The van der Waals surface area contributed by atoms with Crippen LogP contribution >= 0.6 is 11.3 Å².